The van der Waals surface area contributed by atoms with Gasteiger partial charge in [-0.1, -0.05) is 37.3 Å². The molecular formula is C17H24NO5+. The van der Waals surface area contributed by atoms with Gasteiger partial charge in [-0.3, -0.25) is 0 Å². The number of carbonyl (C=O) groups excluding carboxylic acids is 2. The van der Waals surface area contributed by atoms with Gasteiger partial charge in [0.2, 0.25) is 0 Å². The third-order valence-electron chi connectivity index (χ3n) is 4.16. The van der Waals surface area contributed by atoms with Crippen molar-refractivity contribution in [1.82, 2.24) is 0 Å². The van der Waals surface area contributed by atoms with Crippen LogP contribution in [0.5, 0.6) is 0 Å². The van der Waals surface area contributed by atoms with Gasteiger partial charge < -0.3 is 4.74 Å². The van der Waals surface area contributed by atoms with E-state index < -0.39 is 16.7 Å². The molecule has 1 aromatic rings. The van der Waals surface area contributed by atoms with Gasteiger partial charge in [0, 0.05) is 12.8 Å². The van der Waals surface area contributed by atoms with E-state index in [1.807, 2.05) is 44.2 Å². The fourth-order valence-electron chi connectivity index (χ4n) is 2.77. The van der Waals surface area contributed by atoms with E-state index in [0.717, 1.165) is 24.8 Å². The normalized spacial score (nSPS) is 23.5. The first kappa shape index (κ1) is 17.4. The van der Waals surface area contributed by atoms with Crippen LogP contribution in [-0.2, 0) is 21.1 Å². The Hall–Kier alpha value is -1.92. The molecule has 1 aliphatic rings. The minimum absolute atomic E-state index is 0.134. The Balaban J connectivity index is 2.05. The van der Waals surface area contributed by atoms with Crippen LogP contribution in [0.2, 0.25) is 0 Å². The Bertz CT molecular complexity index is 533. The van der Waals surface area contributed by atoms with Gasteiger partial charge in [0.15, 0.2) is 0 Å². The standard InChI is InChI=1S/C17H24NO5/c1-3-12-22-23-17(20)18(11-7-8-14(18)2)16(19)21-13-15-9-5-4-6-10-15/h4-6,9-10,14H,3,7-8,11-13H2,1-2H3/q+1/t14-,18?/m1/s1. The van der Waals surface area contributed by atoms with Crippen LogP contribution in [0.4, 0.5) is 9.59 Å². The van der Waals surface area contributed by atoms with Crippen molar-refractivity contribution in [3.63, 3.8) is 0 Å². The fourth-order valence-corrected chi connectivity index (χ4v) is 2.77. The quantitative estimate of drug-likeness (QED) is 0.357. The lowest BCUT2D eigenvalue weighted by Crippen LogP contribution is -2.59. The average Bonchev–Trinajstić information content (AvgIpc) is 2.96. The van der Waals surface area contributed by atoms with E-state index in [1.165, 1.54) is 0 Å². The first-order valence-electron chi connectivity index (χ1n) is 8.04. The van der Waals surface area contributed by atoms with E-state index in [-0.39, 0.29) is 12.6 Å². The number of likely N-dealkylation sites (tertiary alicyclic amines) is 1. The number of ether oxygens (including phenoxy) is 1. The lowest BCUT2D eigenvalue weighted by atomic mass is 10.2. The van der Waals surface area contributed by atoms with E-state index in [2.05, 4.69) is 0 Å². The van der Waals surface area contributed by atoms with Crippen LogP contribution in [0.3, 0.4) is 0 Å². The lowest BCUT2D eigenvalue weighted by Gasteiger charge is -2.29. The zero-order valence-corrected chi connectivity index (χ0v) is 13.7. The minimum Gasteiger partial charge on any atom is -0.415 e. The van der Waals surface area contributed by atoms with E-state index in [0.29, 0.717) is 13.2 Å². The molecule has 0 spiro atoms. The zero-order valence-electron chi connectivity index (χ0n) is 13.7. The molecule has 1 saturated heterocycles. The van der Waals surface area contributed by atoms with Crippen LogP contribution in [0.15, 0.2) is 30.3 Å². The molecular weight excluding hydrogens is 298 g/mol. The Morgan fingerprint density at radius 2 is 1.96 bits per heavy atom. The molecule has 1 aliphatic heterocycles. The molecule has 0 bridgehead atoms. The Morgan fingerprint density at radius 1 is 1.22 bits per heavy atom. The van der Waals surface area contributed by atoms with Gasteiger partial charge in [-0.15, -0.1) is 4.48 Å². The molecule has 6 nitrogen and oxygen atoms in total. The van der Waals surface area contributed by atoms with Gasteiger partial charge in [-0.2, -0.15) is 14.5 Å². The molecule has 23 heavy (non-hydrogen) atoms. The number of imide groups is 1. The number of nitrogens with zero attached hydrogens (tertiary/aromatic N) is 1. The molecule has 0 N–H and O–H groups in total. The molecule has 0 radical (unpaired) electrons. The molecule has 1 heterocycles. The summed E-state index contributed by atoms with van der Waals surface area (Å²) < 4.78 is 4.93. The number of amides is 2. The molecule has 6 heteroatoms. The minimum atomic E-state index is -0.693. The van der Waals surface area contributed by atoms with Crippen molar-refractivity contribution in [1.29, 1.82) is 0 Å². The third kappa shape index (κ3) is 3.89. The monoisotopic (exact) mass is 322 g/mol. The number of quaternary nitrogens is 1. The second kappa shape index (κ2) is 8.08. The maximum Gasteiger partial charge on any atom is 0.558 e. The van der Waals surface area contributed by atoms with Crippen molar-refractivity contribution in [3.8, 4) is 0 Å². The van der Waals surface area contributed by atoms with Crippen LogP contribution in [-0.4, -0.2) is 35.9 Å². The lowest BCUT2D eigenvalue weighted by molar-refractivity contribution is -0.801. The predicted octanol–water partition coefficient (Wildman–Crippen LogP) is 3.80. The fraction of sp³-hybridized carbons (Fsp3) is 0.529. The number of hydrogen-bond donors (Lipinski definition) is 0. The molecule has 126 valence electrons. The van der Waals surface area contributed by atoms with Gasteiger partial charge in [-0.25, -0.2) is 4.89 Å². The largest absolute Gasteiger partial charge is 0.558 e. The summed E-state index contributed by atoms with van der Waals surface area (Å²) in [5.74, 6) is 0. The molecule has 1 fully saturated rings. The zero-order chi connectivity index (χ0) is 16.7. The highest BCUT2D eigenvalue weighted by Crippen LogP contribution is 2.30. The number of hydrogen-bond acceptors (Lipinski definition) is 5. The summed E-state index contributed by atoms with van der Waals surface area (Å²) in [5.41, 5.74) is 0.876. The predicted molar refractivity (Wildman–Crippen MR) is 83.2 cm³/mol. The average molecular weight is 322 g/mol. The van der Waals surface area contributed by atoms with Gasteiger partial charge in [-0.05, 0) is 18.9 Å². The number of benzene rings is 1. The second-order valence-electron chi connectivity index (χ2n) is 5.80. The van der Waals surface area contributed by atoms with Crippen molar-refractivity contribution in [2.45, 2.75) is 45.8 Å². The summed E-state index contributed by atoms with van der Waals surface area (Å²) in [6.07, 6.45) is 0.986. The summed E-state index contributed by atoms with van der Waals surface area (Å²) in [7, 11) is 0. The van der Waals surface area contributed by atoms with E-state index >= 15 is 0 Å². The van der Waals surface area contributed by atoms with Gasteiger partial charge in [0.05, 0.1) is 6.61 Å². The van der Waals surface area contributed by atoms with Gasteiger partial charge in [0.25, 0.3) is 0 Å². The van der Waals surface area contributed by atoms with Crippen LogP contribution < -0.4 is 0 Å². The van der Waals surface area contributed by atoms with Crippen molar-refractivity contribution in [2.75, 3.05) is 13.2 Å². The molecule has 0 aromatic heterocycles. The third-order valence-corrected chi connectivity index (χ3v) is 4.16. The van der Waals surface area contributed by atoms with Crippen molar-refractivity contribution >= 4 is 12.2 Å². The molecule has 1 aromatic carbocycles. The summed E-state index contributed by atoms with van der Waals surface area (Å²) in [5, 5.41) is 0. The molecule has 2 amide bonds. The Morgan fingerprint density at radius 3 is 2.57 bits per heavy atom. The van der Waals surface area contributed by atoms with E-state index in [1.54, 1.807) is 0 Å². The first-order valence-corrected chi connectivity index (χ1v) is 8.04. The van der Waals surface area contributed by atoms with Crippen LogP contribution in [0, 0.1) is 0 Å². The maximum absolute atomic E-state index is 12.6. The van der Waals surface area contributed by atoms with Crippen LogP contribution >= 0.6 is 0 Å². The van der Waals surface area contributed by atoms with E-state index in [9.17, 15) is 9.59 Å². The van der Waals surface area contributed by atoms with Crippen LogP contribution in [0.25, 0.3) is 0 Å². The maximum atomic E-state index is 12.6. The van der Waals surface area contributed by atoms with Crippen molar-refractivity contribution in [2.24, 2.45) is 0 Å². The van der Waals surface area contributed by atoms with Gasteiger partial charge >= 0.3 is 12.2 Å². The van der Waals surface area contributed by atoms with E-state index in [4.69, 9.17) is 14.5 Å². The Labute approximate surface area is 136 Å². The highest BCUT2D eigenvalue weighted by Gasteiger charge is 2.56. The first-order chi connectivity index (χ1) is 11.1. The van der Waals surface area contributed by atoms with Crippen LogP contribution in [0.1, 0.15) is 38.7 Å². The molecule has 0 saturated carbocycles. The summed E-state index contributed by atoms with van der Waals surface area (Å²) in [4.78, 5) is 34.8. The summed E-state index contributed by atoms with van der Waals surface area (Å²) in [6, 6.07) is 9.19. The highest BCUT2D eigenvalue weighted by molar-refractivity contribution is 5.76. The molecule has 0 aliphatic carbocycles. The summed E-state index contributed by atoms with van der Waals surface area (Å²) >= 11 is 0. The van der Waals surface area contributed by atoms with Crippen molar-refractivity contribution < 1.29 is 28.6 Å². The highest BCUT2D eigenvalue weighted by atomic mass is 17.2. The van der Waals surface area contributed by atoms with Crippen molar-refractivity contribution in [3.05, 3.63) is 35.9 Å². The smallest absolute Gasteiger partial charge is 0.415 e. The Kier molecular flexibility index (Phi) is 6.12. The molecule has 1 unspecified atom stereocenters. The van der Waals surface area contributed by atoms with Gasteiger partial charge in [0.1, 0.15) is 19.2 Å². The summed E-state index contributed by atoms with van der Waals surface area (Å²) in [6.45, 7) is 4.58. The topological polar surface area (TPSA) is 61.8 Å². The molecule has 2 rings (SSSR count). The molecule has 2 atom stereocenters. The number of rotatable bonds is 5. The second-order valence-corrected chi connectivity index (χ2v) is 5.80. The SMILES string of the molecule is CCCOOC(=O)[N+]1(C(=O)OCc2ccccc2)CCC[C@H]1C. The number of carbonyl (C=O) groups is 2.